The number of nitrogens with zero attached hydrogens (tertiary/aromatic N) is 3. The number of hydrogen-bond acceptors (Lipinski definition) is 4. The van der Waals surface area contributed by atoms with Gasteiger partial charge in [0.1, 0.15) is 6.61 Å². The zero-order valence-corrected chi connectivity index (χ0v) is 8.41. The van der Waals surface area contributed by atoms with Gasteiger partial charge in [-0.1, -0.05) is 11.0 Å². The summed E-state index contributed by atoms with van der Waals surface area (Å²) in [5, 5.41) is 13.1. The largest absolute Gasteiger partial charge is 0.390 e. The summed E-state index contributed by atoms with van der Waals surface area (Å²) in [7, 11) is 0. The van der Waals surface area contributed by atoms with Gasteiger partial charge in [0, 0.05) is 11.3 Å². The zero-order chi connectivity index (χ0) is 11.3. The molecule has 1 aliphatic heterocycles. The molecule has 6 heteroatoms. The predicted molar refractivity (Wildman–Crippen MR) is 52.7 cm³/mol. The van der Waals surface area contributed by atoms with Gasteiger partial charge in [-0.25, -0.2) is 0 Å². The van der Waals surface area contributed by atoms with E-state index >= 15 is 0 Å². The smallest absolute Gasteiger partial charge is 0.159 e. The monoisotopic (exact) mass is 211 g/mol. The fourth-order valence-corrected chi connectivity index (χ4v) is 1.46. The highest BCUT2D eigenvalue weighted by Crippen LogP contribution is 2.23. The highest BCUT2D eigenvalue weighted by Gasteiger charge is 2.34. The Morgan fingerprint density at radius 1 is 1.80 bits per heavy atom. The average molecular weight is 211 g/mol. The molecule has 0 aromatic rings. The Bertz CT molecular complexity index is 295. The Kier molecular flexibility index (Phi) is 4.40. The Balaban J connectivity index is 2.58. The summed E-state index contributed by atoms with van der Waals surface area (Å²) in [6, 6.07) is -0.526. The summed E-state index contributed by atoms with van der Waals surface area (Å²) in [4.78, 5) is 2.67. The fraction of sp³-hybridized carbons (Fsp3) is 0.778. The first-order valence-electron chi connectivity index (χ1n) is 4.61. The Labute approximate surface area is 87.8 Å². The standard InChI is InChI=1S/C9H13N3O3/c1-3-4-14-8-5-7(11-12-10)9(13)6(2)15-8/h1,6-9,13H,4-5H2,2H3/t6-,7-,8+,9+/m0/s1. The van der Waals surface area contributed by atoms with E-state index in [0.717, 1.165) is 0 Å². The van der Waals surface area contributed by atoms with E-state index in [9.17, 15) is 5.11 Å². The van der Waals surface area contributed by atoms with E-state index in [2.05, 4.69) is 15.9 Å². The van der Waals surface area contributed by atoms with Crippen molar-refractivity contribution < 1.29 is 14.6 Å². The minimum atomic E-state index is -0.799. The third-order valence-corrected chi connectivity index (χ3v) is 2.23. The van der Waals surface area contributed by atoms with Gasteiger partial charge in [0.25, 0.3) is 0 Å². The summed E-state index contributed by atoms with van der Waals surface area (Å²) in [5.74, 6) is 2.32. The summed E-state index contributed by atoms with van der Waals surface area (Å²) in [6.07, 6.45) is 3.60. The minimum absolute atomic E-state index is 0.135. The molecular formula is C9H13N3O3. The van der Waals surface area contributed by atoms with Gasteiger partial charge in [-0.05, 0) is 12.5 Å². The molecule has 1 fully saturated rings. The lowest BCUT2D eigenvalue weighted by Gasteiger charge is -2.35. The van der Waals surface area contributed by atoms with Gasteiger partial charge < -0.3 is 14.6 Å². The normalized spacial score (nSPS) is 35.3. The molecule has 0 radical (unpaired) electrons. The van der Waals surface area contributed by atoms with E-state index in [0.29, 0.717) is 6.42 Å². The van der Waals surface area contributed by atoms with Gasteiger partial charge in [0.15, 0.2) is 6.29 Å². The van der Waals surface area contributed by atoms with Crippen LogP contribution in [0.25, 0.3) is 10.4 Å². The first kappa shape index (κ1) is 11.8. The van der Waals surface area contributed by atoms with Gasteiger partial charge in [-0.3, -0.25) is 0 Å². The summed E-state index contributed by atoms with van der Waals surface area (Å²) >= 11 is 0. The molecule has 4 atom stereocenters. The highest BCUT2D eigenvalue weighted by atomic mass is 16.7. The number of azide groups is 1. The first-order valence-corrected chi connectivity index (χ1v) is 4.61. The van der Waals surface area contributed by atoms with Crippen molar-refractivity contribution in [3.63, 3.8) is 0 Å². The van der Waals surface area contributed by atoms with Gasteiger partial charge in [-0.15, -0.1) is 6.42 Å². The van der Waals surface area contributed by atoms with Gasteiger partial charge >= 0.3 is 0 Å². The van der Waals surface area contributed by atoms with Crippen molar-refractivity contribution in [3.8, 4) is 12.3 Å². The number of aliphatic hydroxyl groups excluding tert-OH is 1. The van der Waals surface area contributed by atoms with Crippen LogP contribution in [-0.2, 0) is 9.47 Å². The number of ether oxygens (including phenoxy) is 2. The van der Waals surface area contributed by atoms with Crippen LogP contribution in [0.3, 0.4) is 0 Å². The molecule has 0 spiro atoms. The van der Waals surface area contributed by atoms with Crippen molar-refractivity contribution in [1.29, 1.82) is 0 Å². The van der Waals surface area contributed by atoms with E-state index in [1.807, 2.05) is 0 Å². The highest BCUT2D eigenvalue weighted by molar-refractivity contribution is 4.88. The molecule has 1 heterocycles. The van der Waals surface area contributed by atoms with Crippen molar-refractivity contribution in [2.45, 2.75) is 37.9 Å². The molecule has 0 aliphatic carbocycles. The molecule has 6 nitrogen and oxygen atoms in total. The SMILES string of the molecule is C#CCO[C@H]1C[C@H](N=[N+]=[N-])[C@H](O)[C@H](C)O1. The van der Waals surface area contributed by atoms with Crippen LogP contribution in [0.15, 0.2) is 5.11 Å². The molecule has 0 bridgehead atoms. The summed E-state index contributed by atoms with van der Waals surface area (Å²) in [6.45, 7) is 1.83. The average Bonchev–Trinajstić information content (AvgIpc) is 2.22. The van der Waals surface area contributed by atoms with E-state index in [4.69, 9.17) is 21.4 Å². The van der Waals surface area contributed by atoms with Crippen LogP contribution in [0, 0.1) is 12.3 Å². The van der Waals surface area contributed by atoms with Crippen molar-refractivity contribution in [3.05, 3.63) is 10.4 Å². The van der Waals surface area contributed by atoms with Crippen LogP contribution >= 0.6 is 0 Å². The topological polar surface area (TPSA) is 87.5 Å². The van der Waals surface area contributed by atoms with Crippen molar-refractivity contribution >= 4 is 0 Å². The minimum Gasteiger partial charge on any atom is -0.390 e. The summed E-state index contributed by atoms with van der Waals surface area (Å²) < 4.78 is 10.5. The molecule has 1 aliphatic rings. The Hall–Kier alpha value is -1.25. The van der Waals surface area contributed by atoms with Crippen LogP contribution in [0.1, 0.15) is 13.3 Å². The van der Waals surface area contributed by atoms with E-state index in [1.165, 1.54) is 0 Å². The van der Waals surface area contributed by atoms with Crippen LogP contribution < -0.4 is 0 Å². The van der Waals surface area contributed by atoms with Crippen LogP contribution in [0.4, 0.5) is 0 Å². The van der Waals surface area contributed by atoms with Crippen LogP contribution in [0.5, 0.6) is 0 Å². The molecule has 1 N–H and O–H groups in total. The first-order chi connectivity index (χ1) is 7.19. The predicted octanol–water partition coefficient (Wildman–Crippen LogP) is 0.811. The van der Waals surface area contributed by atoms with E-state index in [1.54, 1.807) is 6.92 Å². The number of aliphatic hydroxyl groups is 1. The maximum atomic E-state index is 9.63. The van der Waals surface area contributed by atoms with Gasteiger partial charge in [0.2, 0.25) is 0 Å². The third kappa shape index (κ3) is 3.11. The van der Waals surface area contributed by atoms with E-state index in [-0.39, 0.29) is 6.61 Å². The molecule has 0 aromatic carbocycles. The van der Waals surface area contributed by atoms with Crippen molar-refractivity contribution in [2.24, 2.45) is 5.11 Å². The molecule has 82 valence electrons. The fourth-order valence-electron chi connectivity index (χ4n) is 1.46. The lowest BCUT2D eigenvalue weighted by atomic mass is 10.0. The van der Waals surface area contributed by atoms with Crippen molar-refractivity contribution in [2.75, 3.05) is 6.61 Å². The summed E-state index contributed by atoms with van der Waals surface area (Å²) in [5.41, 5.74) is 8.32. The second-order valence-corrected chi connectivity index (χ2v) is 3.28. The number of terminal acetylenes is 1. The van der Waals surface area contributed by atoms with Crippen molar-refractivity contribution in [1.82, 2.24) is 0 Å². The molecule has 1 saturated heterocycles. The van der Waals surface area contributed by atoms with Crippen LogP contribution in [-0.4, -0.2) is 36.3 Å². The number of rotatable bonds is 3. The third-order valence-electron chi connectivity index (χ3n) is 2.23. The Morgan fingerprint density at radius 2 is 2.53 bits per heavy atom. The molecule has 0 saturated carbocycles. The Morgan fingerprint density at radius 3 is 3.13 bits per heavy atom. The van der Waals surface area contributed by atoms with E-state index < -0.39 is 24.5 Å². The number of hydrogen-bond donors (Lipinski definition) is 1. The molecule has 0 unspecified atom stereocenters. The van der Waals surface area contributed by atoms with Gasteiger partial charge in [0.05, 0.1) is 18.2 Å². The maximum Gasteiger partial charge on any atom is 0.159 e. The second-order valence-electron chi connectivity index (χ2n) is 3.28. The molecule has 15 heavy (non-hydrogen) atoms. The quantitative estimate of drug-likeness (QED) is 0.324. The second kappa shape index (κ2) is 5.59. The maximum absolute atomic E-state index is 9.63. The lowest BCUT2D eigenvalue weighted by molar-refractivity contribution is -0.217. The molecular weight excluding hydrogens is 198 g/mol. The molecule has 0 amide bonds. The zero-order valence-electron chi connectivity index (χ0n) is 8.41. The van der Waals surface area contributed by atoms with Gasteiger partial charge in [-0.2, -0.15) is 0 Å². The molecule has 1 rings (SSSR count). The lowest BCUT2D eigenvalue weighted by Crippen LogP contribution is -2.46. The molecule has 0 aromatic heterocycles. The van der Waals surface area contributed by atoms with Crippen LogP contribution in [0.2, 0.25) is 0 Å².